The van der Waals surface area contributed by atoms with Gasteiger partial charge in [0.15, 0.2) is 0 Å². The van der Waals surface area contributed by atoms with E-state index in [-0.39, 0.29) is 17.5 Å². The van der Waals surface area contributed by atoms with E-state index in [2.05, 4.69) is 0 Å². The first-order valence-corrected chi connectivity index (χ1v) is 16.8. The van der Waals surface area contributed by atoms with Crippen LogP contribution in [0.3, 0.4) is 0 Å². The molecule has 2 fully saturated rings. The van der Waals surface area contributed by atoms with Crippen molar-refractivity contribution in [1.82, 2.24) is 4.31 Å². The van der Waals surface area contributed by atoms with Crippen molar-refractivity contribution in [3.63, 3.8) is 0 Å². The second kappa shape index (κ2) is 9.97. The molecule has 4 rings (SSSR count). The highest BCUT2D eigenvalue weighted by Crippen LogP contribution is 2.51. The quantitative estimate of drug-likeness (QED) is 0.540. The Morgan fingerprint density at radius 2 is 1.44 bits per heavy atom. The molecule has 1 heterocycles. The Hall–Kier alpha value is -1.19. The molecule has 2 aromatic carbocycles. The summed E-state index contributed by atoms with van der Waals surface area (Å²) in [5, 5.41) is 1.48. The summed E-state index contributed by atoms with van der Waals surface area (Å²) in [6.45, 7) is 0.293. The van der Waals surface area contributed by atoms with Crippen molar-refractivity contribution in [3.05, 3.63) is 60.7 Å². The topological polar surface area (TPSA) is 71.5 Å². The zero-order valence-electron chi connectivity index (χ0n) is 18.6. The van der Waals surface area contributed by atoms with Crippen LogP contribution in [0.15, 0.2) is 60.7 Å². The molecule has 0 N–H and O–H groups in total. The highest BCUT2D eigenvalue weighted by molar-refractivity contribution is 7.88. The van der Waals surface area contributed by atoms with Crippen molar-refractivity contribution in [2.75, 3.05) is 19.0 Å². The first-order valence-electron chi connectivity index (χ1n) is 11.5. The second-order valence-electron chi connectivity index (χ2n) is 9.25. The molecule has 8 heteroatoms. The van der Waals surface area contributed by atoms with Crippen LogP contribution in [0.5, 0.6) is 0 Å². The third-order valence-corrected chi connectivity index (χ3v) is 14.1. The fourth-order valence-electron chi connectivity index (χ4n) is 5.38. The minimum absolute atomic E-state index is 0.122. The van der Waals surface area contributed by atoms with Crippen LogP contribution in [-0.4, -0.2) is 49.0 Å². The average Bonchev–Trinajstić information content (AvgIpc) is 3.24. The fourth-order valence-corrected chi connectivity index (χ4v) is 12.3. The van der Waals surface area contributed by atoms with Gasteiger partial charge in [-0.2, -0.15) is 4.31 Å². The van der Waals surface area contributed by atoms with Gasteiger partial charge in [0.1, 0.15) is 7.14 Å². The molecule has 3 atom stereocenters. The van der Waals surface area contributed by atoms with Gasteiger partial charge in [0, 0.05) is 40.7 Å². The van der Waals surface area contributed by atoms with E-state index in [1.165, 1.54) is 17.0 Å². The summed E-state index contributed by atoms with van der Waals surface area (Å²) < 4.78 is 54.8. The zero-order valence-corrected chi connectivity index (χ0v) is 21.3. The first kappa shape index (κ1) is 24.0. The Kier molecular flexibility index (Phi) is 7.46. The number of benzene rings is 2. The van der Waals surface area contributed by atoms with Crippen molar-refractivity contribution in [3.8, 4) is 0 Å². The molecule has 1 saturated carbocycles. The van der Waals surface area contributed by atoms with Crippen LogP contribution < -0.4 is 10.6 Å². The standard InChI is InChI=1S/C24H33NO4P2S/c1-32(28,29)25-18-22(30(26)21-11-5-2-6-12-21)17-20(25)19-31(27,23-13-7-3-8-14-23)24-15-9-4-10-16-24/h3-4,7-10,13-16,20-22,30H,2,5-6,11-12,17-19H2,1H3/t20-,22-/m0/s1. The third kappa shape index (κ3) is 5.14. The maximum Gasteiger partial charge on any atom is 0.211 e. The molecule has 0 bridgehead atoms. The molecule has 0 amide bonds. The maximum atomic E-state index is 14.5. The molecule has 1 unspecified atom stereocenters. The number of hydrogen-bond acceptors (Lipinski definition) is 4. The molecule has 1 saturated heterocycles. The summed E-state index contributed by atoms with van der Waals surface area (Å²) in [7, 11) is -8.48. The number of hydrogen-bond donors (Lipinski definition) is 0. The minimum atomic E-state index is -3.50. The fraction of sp³-hybridized carbons (Fsp3) is 0.500. The van der Waals surface area contributed by atoms with Crippen LogP contribution in [0.1, 0.15) is 38.5 Å². The Bertz CT molecular complexity index is 1040. The summed E-state index contributed by atoms with van der Waals surface area (Å²) in [5.41, 5.74) is 0.108. The predicted octanol–water partition coefficient (Wildman–Crippen LogP) is 4.30. The van der Waals surface area contributed by atoms with Gasteiger partial charge < -0.3 is 9.13 Å². The lowest BCUT2D eigenvalue weighted by atomic mass is 10.0. The molecule has 32 heavy (non-hydrogen) atoms. The van der Waals surface area contributed by atoms with Gasteiger partial charge in [0.05, 0.1) is 14.1 Å². The normalized spacial score (nSPS) is 24.4. The average molecular weight is 494 g/mol. The van der Waals surface area contributed by atoms with Gasteiger partial charge in [-0.1, -0.05) is 79.9 Å². The summed E-state index contributed by atoms with van der Waals surface area (Å²) in [4.78, 5) is 0. The van der Waals surface area contributed by atoms with E-state index in [1.807, 2.05) is 60.7 Å². The van der Waals surface area contributed by atoms with Gasteiger partial charge in [-0.15, -0.1) is 0 Å². The molecular formula is C24H33NO4P2S. The van der Waals surface area contributed by atoms with Gasteiger partial charge in [-0.05, 0) is 19.3 Å². The zero-order chi connectivity index (χ0) is 22.8. The van der Waals surface area contributed by atoms with Crippen LogP contribution in [0.4, 0.5) is 0 Å². The van der Waals surface area contributed by atoms with Crippen LogP contribution in [0, 0.1) is 0 Å². The lowest BCUT2D eigenvalue weighted by Crippen LogP contribution is -2.39. The summed E-state index contributed by atoms with van der Waals surface area (Å²) >= 11 is 0. The van der Waals surface area contributed by atoms with Crippen molar-refractivity contribution >= 4 is 35.6 Å². The van der Waals surface area contributed by atoms with E-state index in [4.69, 9.17) is 0 Å². The van der Waals surface area contributed by atoms with E-state index in [9.17, 15) is 17.5 Å². The Morgan fingerprint density at radius 3 is 1.94 bits per heavy atom. The Labute approximate surface area is 192 Å². The molecule has 2 aliphatic rings. The Morgan fingerprint density at radius 1 is 0.906 bits per heavy atom. The smallest absolute Gasteiger partial charge is 0.211 e. The van der Waals surface area contributed by atoms with Crippen LogP contribution >= 0.6 is 14.9 Å². The molecule has 0 radical (unpaired) electrons. The first-order chi connectivity index (χ1) is 15.3. The molecule has 0 aromatic heterocycles. The second-order valence-corrected chi connectivity index (χ2v) is 16.5. The SMILES string of the molecule is CS(=O)(=O)N1C[C@@H]([PH](=O)C2CCCCC2)C[C@H]1CP(=O)(c1ccccc1)c1ccccc1. The van der Waals surface area contributed by atoms with E-state index in [0.717, 1.165) is 36.3 Å². The summed E-state index contributed by atoms with van der Waals surface area (Å²) in [6.07, 6.45) is 7.40. The lowest BCUT2D eigenvalue weighted by molar-refractivity contribution is 0.412. The number of nitrogens with zero attached hydrogens (tertiary/aromatic N) is 1. The molecule has 0 spiro atoms. The number of rotatable bonds is 7. The van der Waals surface area contributed by atoms with Gasteiger partial charge in [-0.25, -0.2) is 8.42 Å². The van der Waals surface area contributed by atoms with Crippen molar-refractivity contribution < 1.29 is 17.5 Å². The van der Waals surface area contributed by atoms with Crippen molar-refractivity contribution in [2.24, 2.45) is 0 Å². The summed E-state index contributed by atoms with van der Waals surface area (Å²) in [5.74, 6) is 0. The molecule has 1 aliphatic carbocycles. The van der Waals surface area contributed by atoms with E-state index in [1.54, 1.807) is 0 Å². The third-order valence-electron chi connectivity index (χ3n) is 7.01. The highest BCUT2D eigenvalue weighted by atomic mass is 32.2. The molecule has 1 aliphatic heterocycles. The van der Waals surface area contributed by atoms with Gasteiger partial charge in [0.25, 0.3) is 0 Å². The lowest BCUT2D eigenvalue weighted by Gasteiger charge is -2.27. The molecule has 5 nitrogen and oxygen atoms in total. The van der Waals surface area contributed by atoms with Gasteiger partial charge >= 0.3 is 0 Å². The predicted molar refractivity (Wildman–Crippen MR) is 134 cm³/mol. The molecular weight excluding hydrogens is 460 g/mol. The van der Waals surface area contributed by atoms with Crippen molar-refractivity contribution in [1.29, 1.82) is 0 Å². The largest absolute Gasteiger partial charge is 0.326 e. The van der Waals surface area contributed by atoms with Gasteiger partial charge in [0.2, 0.25) is 10.0 Å². The van der Waals surface area contributed by atoms with Crippen LogP contribution in [0.25, 0.3) is 0 Å². The monoisotopic (exact) mass is 493 g/mol. The maximum absolute atomic E-state index is 14.5. The van der Waals surface area contributed by atoms with E-state index < -0.39 is 31.0 Å². The molecule has 2 aromatic rings. The number of sulfonamides is 1. The minimum Gasteiger partial charge on any atom is -0.326 e. The van der Waals surface area contributed by atoms with E-state index >= 15 is 0 Å². The van der Waals surface area contributed by atoms with Crippen LogP contribution in [-0.2, 0) is 19.2 Å². The summed E-state index contributed by atoms with van der Waals surface area (Å²) in [6, 6.07) is 18.4. The van der Waals surface area contributed by atoms with Gasteiger partial charge in [-0.3, -0.25) is 0 Å². The van der Waals surface area contributed by atoms with E-state index in [0.29, 0.717) is 13.0 Å². The Balaban J connectivity index is 1.66. The molecule has 174 valence electrons. The highest BCUT2D eigenvalue weighted by Gasteiger charge is 2.45. The van der Waals surface area contributed by atoms with Crippen molar-refractivity contribution in [2.45, 2.75) is 55.9 Å². The van der Waals surface area contributed by atoms with Crippen LogP contribution in [0.2, 0.25) is 0 Å².